The molecule has 0 radical (unpaired) electrons. The van der Waals surface area contributed by atoms with E-state index in [4.69, 9.17) is 17.0 Å². The average molecular weight is 225 g/mol. The Morgan fingerprint density at radius 3 is 2.47 bits per heavy atom. The van der Waals surface area contributed by atoms with E-state index in [9.17, 15) is 4.79 Å². The van der Waals surface area contributed by atoms with Gasteiger partial charge >= 0.3 is 0 Å². The molecule has 0 N–H and O–H groups in total. The smallest absolute Gasteiger partial charge is 0.266 e. The Kier molecular flexibility index (Phi) is 3.63. The molecule has 1 saturated heterocycles. The maximum Gasteiger partial charge on any atom is 0.266 e. The van der Waals surface area contributed by atoms with E-state index in [1.54, 1.807) is 12.2 Å². The summed E-state index contributed by atoms with van der Waals surface area (Å²) >= 11 is 5.01. The Bertz CT molecular complexity index is 302. The van der Waals surface area contributed by atoms with Crippen LogP contribution in [0.3, 0.4) is 0 Å². The van der Waals surface area contributed by atoms with Gasteiger partial charge in [-0.15, -0.1) is 13.2 Å². The van der Waals surface area contributed by atoms with Crippen molar-refractivity contribution < 1.29 is 9.53 Å². The van der Waals surface area contributed by atoms with Crippen molar-refractivity contribution in [2.45, 2.75) is 25.4 Å². The molecule has 0 aromatic carbocycles. The minimum absolute atomic E-state index is 0.0880. The van der Waals surface area contributed by atoms with Crippen molar-refractivity contribution in [2.24, 2.45) is 0 Å². The quantitative estimate of drug-likeness (QED) is 0.541. The first kappa shape index (κ1) is 11.9. The van der Waals surface area contributed by atoms with Gasteiger partial charge in [0.2, 0.25) is 5.91 Å². The molecule has 82 valence electrons. The van der Waals surface area contributed by atoms with Crippen LogP contribution in [0.25, 0.3) is 0 Å². The van der Waals surface area contributed by atoms with Crippen LogP contribution in [0, 0.1) is 0 Å². The molecule has 1 amide bonds. The van der Waals surface area contributed by atoms with E-state index in [1.807, 2.05) is 0 Å². The molecule has 0 aromatic heterocycles. The van der Waals surface area contributed by atoms with E-state index in [-0.39, 0.29) is 11.1 Å². The summed E-state index contributed by atoms with van der Waals surface area (Å²) in [6.07, 6.45) is 4.86. The van der Waals surface area contributed by atoms with Crippen LogP contribution in [0.15, 0.2) is 25.3 Å². The van der Waals surface area contributed by atoms with Crippen molar-refractivity contribution in [3.8, 4) is 0 Å². The minimum atomic E-state index is -0.452. The molecule has 0 spiro atoms. The molecule has 1 aliphatic rings. The molecule has 0 saturated carbocycles. The number of hydrogen-bond donors (Lipinski definition) is 0. The Labute approximate surface area is 95.4 Å². The normalized spacial score (nSPS) is 18.5. The Morgan fingerprint density at radius 2 is 2.13 bits per heavy atom. The molecule has 1 rings (SSSR count). The number of thiocarbonyl (C=S) groups is 1. The molecule has 0 atom stereocenters. The lowest BCUT2D eigenvalue weighted by atomic mass is 9.95. The molecule has 4 heteroatoms. The van der Waals surface area contributed by atoms with Crippen LogP contribution < -0.4 is 0 Å². The second kappa shape index (κ2) is 4.57. The number of carbonyl (C=O) groups excluding carboxylic acids is 1. The van der Waals surface area contributed by atoms with Gasteiger partial charge in [-0.2, -0.15) is 0 Å². The van der Waals surface area contributed by atoms with Crippen LogP contribution in [0.4, 0.5) is 0 Å². The number of ether oxygens (including phenoxy) is 1. The zero-order valence-electron chi connectivity index (χ0n) is 8.86. The molecular formula is C11H15NO2S. The SMILES string of the molecule is C=CCC1(CC=C)CN(C(C)=O)C(=S)O1. The van der Waals surface area contributed by atoms with Gasteiger partial charge in [0.15, 0.2) is 0 Å². The van der Waals surface area contributed by atoms with Gasteiger partial charge in [0.1, 0.15) is 5.60 Å². The lowest BCUT2D eigenvalue weighted by Crippen LogP contribution is -2.35. The summed E-state index contributed by atoms with van der Waals surface area (Å²) in [6.45, 7) is 9.34. The first-order valence-electron chi connectivity index (χ1n) is 4.77. The second-order valence-electron chi connectivity index (χ2n) is 3.64. The van der Waals surface area contributed by atoms with Crippen LogP contribution in [-0.4, -0.2) is 28.1 Å². The predicted octanol–water partition coefficient (Wildman–Crippen LogP) is 2.04. The van der Waals surface area contributed by atoms with Crippen LogP contribution in [0.1, 0.15) is 19.8 Å². The highest BCUT2D eigenvalue weighted by Crippen LogP contribution is 2.30. The van der Waals surface area contributed by atoms with Crippen molar-refractivity contribution in [3.63, 3.8) is 0 Å². The summed E-state index contributed by atoms with van der Waals surface area (Å²) in [7, 11) is 0. The van der Waals surface area contributed by atoms with E-state index >= 15 is 0 Å². The average Bonchev–Trinajstić information content (AvgIpc) is 2.44. The standard InChI is InChI=1S/C11H15NO2S/c1-4-6-11(7-5-2)8-12(9(3)13)10(15)14-11/h4-5H,1-2,6-8H2,3H3. The van der Waals surface area contributed by atoms with Gasteiger partial charge in [0.25, 0.3) is 5.17 Å². The molecule has 0 aromatic rings. The highest BCUT2D eigenvalue weighted by atomic mass is 32.1. The fourth-order valence-corrected chi connectivity index (χ4v) is 2.06. The minimum Gasteiger partial charge on any atom is -0.461 e. The van der Waals surface area contributed by atoms with E-state index in [1.165, 1.54) is 11.8 Å². The van der Waals surface area contributed by atoms with Gasteiger partial charge < -0.3 is 4.74 Å². The molecule has 0 unspecified atom stereocenters. The zero-order valence-corrected chi connectivity index (χ0v) is 9.68. The summed E-state index contributed by atoms with van der Waals surface area (Å²) in [4.78, 5) is 12.7. The first-order valence-corrected chi connectivity index (χ1v) is 5.18. The highest BCUT2D eigenvalue weighted by molar-refractivity contribution is 7.80. The Morgan fingerprint density at radius 1 is 1.60 bits per heavy atom. The van der Waals surface area contributed by atoms with E-state index < -0.39 is 5.60 Å². The number of hydrogen-bond acceptors (Lipinski definition) is 3. The zero-order chi connectivity index (χ0) is 11.5. The van der Waals surface area contributed by atoms with Crippen LogP contribution in [-0.2, 0) is 9.53 Å². The third kappa shape index (κ3) is 2.45. The van der Waals surface area contributed by atoms with Crippen molar-refractivity contribution in [1.29, 1.82) is 0 Å². The lowest BCUT2D eigenvalue weighted by Gasteiger charge is -2.24. The molecule has 1 fully saturated rings. The van der Waals surface area contributed by atoms with Crippen molar-refractivity contribution in [2.75, 3.05) is 6.54 Å². The summed E-state index contributed by atoms with van der Waals surface area (Å²) in [5.41, 5.74) is -0.452. The van der Waals surface area contributed by atoms with Crippen molar-refractivity contribution in [1.82, 2.24) is 4.90 Å². The van der Waals surface area contributed by atoms with Gasteiger partial charge in [-0.3, -0.25) is 9.69 Å². The summed E-state index contributed by atoms with van der Waals surface area (Å²) < 4.78 is 5.60. The van der Waals surface area contributed by atoms with E-state index in [2.05, 4.69) is 13.2 Å². The molecule has 1 heterocycles. The molecule has 15 heavy (non-hydrogen) atoms. The second-order valence-corrected chi connectivity index (χ2v) is 3.99. The fourth-order valence-electron chi connectivity index (χ4n) is 1.69. The monoisotopic (exact) mass is 225 g/mol. The van der Waals surface area contributed by atoms with Crippen LogP contribution in [0.5, 0.6) is 0 Å². The first-order chi connectivity index (χ1) is 7.04. The summed E-state index contributed by atoms with van der Waals surface area (Å²) in [5, 5.41) is 0.256. The predicted molar refractivity (Wildman–Crippen MR) is 63.4 cm³/mol. The summed E-state index contributed by atoms with van der Waals surface area (Å²) in [6, 6.07) is 0. The Hall–Kier alpha value is -1.16. The number of nitrogens with zero attached hydrogens (tertiary/aromatic N) is 1. The Balaban J connectivity index is 2.85. The van der Waals surface area contributed by atoms with Crippen molar-refractivity contribution in [3.05, 3.63) is 25.3 Å². The molecule has 0 aliphatic carbocycles. The topological polar surface area (TPSA) is 29.5 Å². The highest BCUT2D eigenvalue weighted by Gasteiger charge is 2.42. The van der Waals surface area contributed by atoms with Gasteiger partial charge in [0.05, 0.1) is 6.54 Å². The van der Waals surface area contributed by atoms with Crippen LogP contribution in [0.2, 0.25) is 0 Å². The van der Waals surface area contributed by atoms with Gasteiger partial charge in [-0.05, 0) is 12.2 Å². The maximum absolute atomic E-state index is 11.3. The molecule has 1 aliphatic heterocycles. The van der Waals surface area contributed by atoms with Gasteiger partial charge in [-0.1, -0.05) is 12.2 Å². The largest absolute Gasteiger partial charge is 0.461 e. The molecule has 0 bridgehead atoms. The number of rotatable bonds is 4. The fraction of sp³-hybridized carbons (Fsp3) is 0.455. The van der Waals surface area contributed by atoms with Crippen LogP contribution >= 0.6 is 12.2 Å². The lowest BCUT2D eigenvalue weighted by molar-refractivity contribution is -0.124. The third-order valence-corrected chi connectivity index (χ3v) is 2.69. The number of carbonyl (C=O) groups is 1. The summed E-state index contributed by atoms with van der Waals surface area (Å²) in [5.74, 6) is -0.0880. The third-order valence-electron chi connectivity index (χ3n) is 2.38. The van der Waals surface area contributed by atoms with Crippen molar-refractivity contribution >= 4 is 23.3 Å². The molecular weight excluding hydrogens is 210 g/mol. The van der Waals surface area contributed by atoms with Gasteiger partial charge in [-0.25, -0.2) is 0 Å². The van der Waals surface area contributed by atoms with E-state index in [0.717, 1.165) is 0 Å². The molecule has 3 nitrogen and oxygen atoms in total. The number of amides is 1. The van der Waals surface area contributed by atoms with Gasteiger partial charge in [0, 0.05) is 19.8 Å². The maximum atomic E-state index is 11.3. The van der Waals surface area contributed by atoms with E-state index in [0.29, 0.717) is 19.4 Å².